The monoisotopic (exact) mass is 253 g/mol. The highest BCUT2D eigenvalue weighted by Gasteiger charge is 2.20. The van der Waals surface area contributed by atoms with E-state index in [0.29, 0.717) is 17.1 Å². The molecule has 1 heterocycles. The molecule has 1 aromatic carbocycles. The zero-order valence-electron chi connectivity index (χ0n) is 9.41. The molecule has 0 radical (unpaired) electrons. The molecule has 2 nitrogen and oxygen atoms in total. The maximum absolute atomic E-state index is 13.9. The van der Waals surface area contributed by atoms with E-state index < -0.39 is 0 Å². The molecule has 0 aliphatic rings. The molecule has 90 valence electrons. The number of benzene rings is 1. The molecular weight excluding hydrogens is 241 g/mol. The van der Waals surface area contributed by atoms with Crippen LogP contribution in [-0.4, -0.2) is 6.54 Å². The van der Waals surface area contributed by atoms with Crippen molar-refractivity contribution < 1.29 is 8.81 Å². The van der Waals surface area contributed by atoms with Crippen LogP contribution in [-0.2, 0) is 0 Å². The summed E-state index contributed by atoms with van der Waals surface area (Å²) in [4.78, 5) is 0. The molecule has 0 saturated carbocycles. The van der Waals surface area contributed by atoms with Gasteiger partial charge >= 0.3 is 0 Å². The molecule has 1 atom stereocenters. The van der Waals surface area contributed by atoms with Gasteiger partial charge in [0, 0.05) is 16.1 Å². The van der Waals surface area contributed by atoms with Crippen LogP contribution in [0.25, 0.3) is 0 Å². The minimum Gasteiger partial charge on any atom is -0.472 e. The Hall–Kier alpha value is -1.32. The van der Waals surface area contributed by atoms with Gasteiger partial charge in [0.2, 0.25) is 0 Å². The van der Waals surface area contributed by atoms with Gasteiger partial charge in [0.15, 0.2) is 0 Å². The number of halogens is 2. The summed E-state index contributed by atoms with van der Waals surface area (Å²) in [5, 5.41) is 3.61. The van der Waals surface area contributed by atoms with E-state index in [2.05, 4.69) is 5.32 Å². The van der Waals surface area contributed by atoms with Crippen LogP contribution in [0.1, 0.15) is 24.1 Å². The summed E-state index contributed by atoms with van der Waals surface area (Å²) >= 11 is 6.07. The van der Waals surface area contributed by atoms with Crippen LogP contribution in [0.2, 0.25) is 5.02 Å². The maximum atomic E-state index is 13.9. The lowest BCUT2D eigenvalue weighted by Crippen LogP contribution is -2.22. The van der Waals surface area contributed by atoms with E-state index in [0.717, 1.165) is 5.56 Å². The first-order valence-corrected chi connectivity index (χ1v) is 5.81. The van der Waals surface area contributed by atoms with Crippen molar-refractivity contribution in [2.45, 2.75) is 13.0 Å². The minimum absolute atomic E-state index is 0.285. The van der Waals surface area contributed by atoms with Gasteiger partial charge in [0.05, 0.1) is 18.6 Å². The lowest BCUT2D eigenvalue weighted by molar-refractivity contribution is 0.538. The van der Waals surface area contributed by atoms with E-state index >= 15 is 0 Å². The van der Waals surface area contributed by atoms with Crippen LogP contribution in [0.3, 0.4) is 0 Å². The summed E-state index contributed by atoms with van der Waals surface area (Å²) in [5.74, 6) is -0.315. The number of rotatable bonds is 4. The minimum atomic E-state index is -0.315. The smallest absolute Gasteiger partial charge is 0.129 e. The molecule has 0 saturated heterocycles. The van der Waals surface area contributed by atoms with Crippen LogP contribution in [0.4, 0.5) is 4.39 Å². The second-order valence-corrected chi connectivity index (χ2v) is 4.09. The van der Waals surface area contributed by atoms with Crippen molar-refractivity contribution in [2.24, 2.45) is 0 Å². The van der Waals surface area contributed by atoms with Crippen molar-refractivity contribution in [3.8, 4) is 0 Å². The molecule has 0 aliphatic heterocycles. The van der Waals surface area contributed by atoms with Gasteiger partial charge in [-0.15, -0.1) is 0 Å². The lowest BCUT2D eigenvalue weighted by Gasteiger charge is -2.18. The molecule has 4 heteroatoms. The normalized spacial score (nSPS) is 12.6. The SMILES string of the molecule is CCNC(c1ccoc1)c1c(F)cccc1Cl. The van der Waals surface area contributed by atoms with E-state index in [-0.39, 0.29) is 11.9 Å². The van der Waals surface area contributed by atoms with Crippen LogP contribution in [0, 0.1) is 5.82 Å². The maximum Gasteiger partial charge on any atom is 0.129 e. The van der Waals surface area contributed by atoms with Crippen LogP contribution in [0.5, 0.6) is 0 Å². The molecule has 0 bridgehead atoms. The molecule has 2 aromatic rings. The number of hydrogen-bond acceptors (Lipinski definition) is 2. The summed E-state index contributed by atoms with van der Waals surface area (Å²) in [7, 11) is 0. The van der Waals surface area contributed by atoms with Gasteiger partial charge in [0.25, 0.3) is 0 Å². The first kappa shape index (κ1) is 12.1. The Balaban J connectivity index is 2.46. The van der Waals surface area contributed by atoms with Crippen molar-refractivity contribution >= 4 is 11.6 Å². The Labute approximate surface area is 104 Å². The average Bonchev–Trinajstić information content (AvgIpc) is 2.80. The second kappa shape index (κ2) is 5.34. The van der Waals surface area contributed by atoms with Crippen LogP contribution in [0.15, 0.2) is 41.2 Å². The number of hydrogen-bond donors (Lipinski definition) is 1. The Morgan fingerprint density at radius 3 is 2.82 bits per heavy atom. The summed E-state index contributed by atoms with van der Waals surface area (Å²) < 4.78 is 18.9. The van der Waals surface area contributed by atoms with E-state index in [1.54, 1.807) is 30.7 Å². The standard InChI is InChI=1S/C13H13ClFNO/c1-2-16-13(9-6-7-17-8-9)12-10(14)4-3-5-11(12)15/h3-8,13,16H,2H2,1H3. The third-order valence-electron chi connectivity index (χ3n) is 2.57. The predicted octanol–water partition coefficient (Wildman–Crippen LogP) is 3.77. The fraction of sp³-hybridized carbons (Fsp3) is 0.231. The van der Waals surface area contributed by atoms with Gasteiger partial charge in [-0.25, -0.2) is 4.39 Å². The van der Waals surface area contributed by atoms with Gasteiger partial charge in [-0.3, -0.25) is 0 Å². The highest BCUT2D eigenvalue weighted by Crippen LogP contribution is 2.30. The van der Waals surface area contributed by atoms with Crippen molar-refractivity contribution in [1.82, 2.24) is 5.32 Å². The molecule has 1 unspecified atom stereocenters. The first-order chi connectivity index (χ1) is 8.24. The molecule has 0 spiro atoms. The first-order valence-electron chi connectivity index (χ1n) is 5.43. The number of nitrogens with one attached hydrogen (secondary N) is 1. The summed E-state index contributed by atoms with van der Waals surface area (Å²) in [6.45, 7) is 2.67. The van der Waals surface area contributed by atoms with Crippen molar-refractivity contribution in [2.75, 3.05) is 6.54 Å². The van der Waals surface area contributed by atoms with E-state index in [1.165, 1.54) is 6.07 Å². The highest BCUT2D eigenvalue weighted by atomic mass is 35.5. The molecule has 1 N–H and O–H groups in total. The van der Waals surface area contributed by atoms with Gasteiger partial charge < -0.3 is 9.73 Å². The second-order valence-electron chi connectivity index (χ2n) is 3.68. The van der Waals surface area contributed by atoms with E-state index in [4.69, 9.17) is 16.0 Å². The Bertz CT molecular complexity index is 464. The molecule has 1 aromatic heterocycles. The number of furan rings is 1. The highest BCUT2D eigenvalue weighted by molar-refractivity contribution is 6.31. The predicted molar refractivity (Wildman–Crippen MR) is 65.6 cm³/mol. The quantitative estimate of drug-likeness (QED) is 0.897. The zero-order chi connectivity index (χ0) is 12.3. The summed E-state index contributed by atoms with van der Waals surface area (Å²) in [5.41, 5.74) is 1.32. The third-order valence-corrected chi connectivity index (χ3v) is 2.90. The molecule has 17 heavy (non-hydrogen) atoms. The zero-order valence-corrected chi connectivity index (χ0v) is 10.2. The lowest BCUT2D eigenvalue weighted by atomic mass is 10.0. The van der Waals surface area contributed by atoms with Gasteiger partial charge in [0.1, 0.15) is 5.82 Å². The Morgan fingerprint density at radius 2 is 2.24 bits per heavy atom. The topological polar surface area (TPSA) is 25.2 Å². The third kappa shape index (κ3) is 2.51. The van der Waals surface area contributed by atoms with Crippen molar-refractivity contribution in [3.05, 3.63) is 58.8 Å². The van der Waals surface area contributed by atoms with Crippen molar-refractivity contribution in [1.29, 1.82) is 0 Å². The van der Waals surface area contributed by atoms with Gasteiger partial charge in [-0.05, 0) is 24.7 Å². The summed E-state index contributed by atoms with van der Waals surface area (Å²) in [6.07, 6.45) is 3.16. The van der Waals surface area contributed by atoms with Gasteiger partial charge in [-0.2, -0.15) is 0 Å². The average molecular weight is 254 g/mol. The molecule has 0 aliphatic carbocycles. The largest absolute Gasteiger partial charge is 0.472 e. The molecular formula is C13H13ClFNO. The fourth-order valence-electron chi connectivity index (χ4n) is 1.82. The van der Waals surface area contributed by atoms with Gasteiger partial charge in [-0.1, -0.05) is 24.6 Å². The molecule has 0 amide bonds. The molecule has 2 rings (SSSR count). The Morgan fingerprint density at radius 1 is 1.41 bits per heavy atom. The van der Waals surface area contributed by atoms with Crippen molar-refractivity contribution in [3.63, 3.8) is 0 Å². The Kier molecular flexibility index (Phi) is 3.82. The van der Waals surface area contributed by atoms with E-state index in [9.17, 15) is 4.39 Å². The van der Waals surface area contributed by atoms with Crippen LogP contribution >= 0.6 is 11.6 Å². The van der Waals surface area contributed by atoms with E-state index in [1.807, 2.05) is 6.92 Å². The molecule has 0 fully saturated rings. The fourth-order valence-corrected chi connectivity index (χ4v) is 2.09. The van der Waals surface area contributed by atoms with Crippen LogP contribution < -0.4 is 5.32 Å². The summed E-state index contributed by atoms with van der Waals surface area (Å²) in [6, 6.07) is 6.21.